The number of oxime groups is 1. The molecule has 8 nitrogen and oxygen atoms in total. The van der Waals surface area contributed by atoms with Crippen LogP contribution in [-0.4, -0.2) is 34.2 Å². The van der Waals surface area contributed by atoms with Crippen LogP contribution in [0.1, 0.15) is 52.0 Å². The van der Waals surface area contributed by atoms with Crippen LogP contribution in [0.25, 0.3) is 0 Å². The topological polar surface area (TPSA) is 82.6 Å². The highest BCUT2D eigenvalue weighted by Crippen LogP contribution is 2.53. The van der Waals surface area contributed by atoms with Gasteiger partial charge in [0, 0.05) is 36.0 Å². The number of ether oxygens (including phenoxy) is 4. The zero-order chi connectivity index (χ0) is 34.5. The normalized spacial score (nSPS) is 22.7. The summed E-state index contributed by atoms with van der Waals surface area (Å²) in [5.74, 6) is 3.01. The molecule has 2 fully saturated rings. The van der Waals surface area contributed by atoms with Gasteiger partial charge in [-0.25, -0.2) is 0 Å². The van der Waals surface area contributed by atoms with Crippen LogP contribution in [0.5, 0.6) is 23.0 Å². The molecule has 256 valence electrons. The summed E-state index contributed by atoms with van der Waals surface area (Å²) in [7, 11) is 6.77. The maximum atomic E-state index is 6.33. The molecule has 4 unspecified atom stereocenters. The van der Waals surface area contributed by atoms with E-state index in [1.165, 1.54) is 0 Å². The Balaban J connectivity index is 1.42. The first-order chi connectivity index (χ1) is 24.6. The van der Waals surface area contributed by atoms with Gasteiger partial charge in [-0.2, -0.15) is 0 Å². The molecule has 0 spiro atoms. The smallest absolute Gasteiger partial charge is 0.142 e. The van der Waals surface area contributed by atoms with Gasteiger partial charge in [-0.3, -0.25) is 0 Å². The van der Waals surface area contributed by atoms with Gasteiger partial charge in [0.1, 0.15) is 29.6 Å². The third-order valence-corrected chi connectivity index (χ3v) is 9.98. The van der Waals surface area contributed by atoms with E-state index >= 15 is 0 Å². The highest BCUT2D eigenvalue weighted by atomic mass is 16.6. The molecule has 2 bridgehead atoms. The standard InChI is InChI=1S/C42H43N3O5/c1-46-32-18-10-28(11-19-32)38-36-39(29-12-20-33(47-2)21-13-29)44-41(31-16-24-35(49-4)25-17-31)37(40(43-38)30-14-22-34(48-3)23-15-30)42(36)45-50-26-27-8-6-5-7-9-27/h5-25,36-41,43-44H,26H2,1-4H3. The zero-order valence-corrected chi connectivity index (χ0v) is 28.8. The van der Waals surface area contributed by atoms with Crippen molar-refractivity contribution in [1.82, 2.24) is 10.6 Å². The van der Waals surface area contributed by atoms with Gasteiger partial charge in [-0.05, 0) is 76.3 Å². The van der Waals surface area contributed by atoms with E-state index in [1.54, 1.807) is 28.4 Å². The molecular formula is C42H43N3O5. The molecule has 2 heterocycles. The lowest BCUT2D eigenvalue weighted by Crippen LogP contribution is -2.60. The molecule has 2 aliphatic rings. The number of hydrogen-bond acceptors (Lipinski definition) is 8. The zero-order valence-electron chi connectivity index (χ0n) is 28.8. The van der Waals surface area contributed by atoms with Crippen molar-refractivity contribution in [2.75, 3.05) is 28.4 Å². The Labute approximate surface area is 294 Å². The second-order valence-corrected chi connectivity index (χ2v) is 12.7. The molecule has 0 radical (unpaired) electrons. The molecule has 8 heteroatoms. The second kappa shape index (κ2) is 15.1. The van der Waals surface area contributed by atoms with Crippen LogP contribution < -0.4 is 29.6 Å². The van der Waals surface area contributed by atoms with E-state index in [2.05, 4.69) is 71.3 Å². The Morgan fingerprint density at radius 1 is 0.440 bits per heavy atom. The van der Waals surface area contributed by atoms with E-state index in [-0.39, 0.29) is 36.0 Å². The largest absolute Gasteiger partial charge is 0.497 e. The summed E-state index contributed by atoms with van der Waals surface area (Å²) in [5, 5.41) is 13.4. The van der Waals surface area contributed by atoms with Crippen LogP contribution in [0, 0.1) is 11.8 Å². The molecule has 0 aliphatic carbocycles. The van der Waals surface area contributed by atoms with Gasteiger partial charge >= 0.3 is 0 Å². The number of rotatable bonds is 11. The van der Waals surface area contributed by atoms with Crippen molar-refractivity contribution < 1.29 is 23.8 Å². The predicted molar refractivity (Wildman–Crippen MR) is 195 cm³/mol. The van der Waals surface area contributed by atoms with Crippen molar-refractivity contribution in [3.8, 4) is 23.0 Å². The summed E-state index contributed by atoms with van der Waals surface area (Å²) in [6, 6.07) is 43.0. The number of benzene rings is 5. The fourth-order valence-corrected chi connectivity index (χ4v) is 7.43. The van der Waals surface area contributed by atoms with Crippen LogP contribution in [0.3, 0.4) is 0 Å². The molecule has 5 aromatic carbocycles. The lowest BCUT2D eigenvalue weighted by atomic mass is 9.63. The Morgan fingerprint density at radius 2 is 0.760 bits per heavy atom. The lowest BCUT2D eigenvalue weighted by Gasteiger charge is -2.54. The number of hydrogen-bond donors (Lipinski definition) is 2. The Hall–Kier alpha value is -5.31. The molecule has 2 saturated heterocycles. The van der Waals surface area contributed by atoms with Gasteiger partial charge in [0.2, 0.25) is 0 Å². The molecule has 5 aromatic rings. The van der Waals surface area contributed by atoms with E-state index in [0.29, 0.717) is 6.61 Å². The van der Waals surface area contributed by atoms with E-state index in [4.69, 9.17) is 28.9 Å². The van der Waals surface area contributed by atoms with E-state index in [1.807, 2.05) is 66.7 Å². The minimum atomic E-state index is -0.125. The Bertz CT molecular complexity index is 1640. The van der Waals surface area contributed by atoms with Crippen LogP contribution in [0.15, 0.2) is 133 Å². The van der Waals surface area contributed by atoms with Crippen molar-refractivity contribution in [2.45, 2.75) is 30.8 Å². The summed E-state index contributed by atoms with van der Waals surface area (Å²) >= 11 is 0. The molecule has 50 heavy (non-hydrogen) atoms. The molecular weight excluding hydrogens is 626 g/mol. The highest BCUT2D eigenvalue weighted by Gasteiger charge is 2.54. The maximum Gasteiger partial charge on any atom is 0.142 e. The van der Waals surface area contributed by atoms with Crippen LogP contribution in [0.4, 0.5) is 0 Å². The maximum absolute atomic E-state index is 6.33. The summed E-state index contributed by atoms with van der Waals surface area (Å²) in [5.41, 5.74) is 6.59. The van der Waals surface area contributed by atoms with Crippen LogP contribution in [0.2, 0.25) is 0 Å². The summed E-state index contributed by atoms with van der Waals surface area (Å²) < 4.78 is 22.2. The fourth-order valence-electron chi connectivity index (χ4n) is 7.43. The molecule has 2 aliphatic heterocycles. The Kier molecular flexibility index (Phi) is 10.0. The second-order valence-electron chi connectivity index (χ2n) is 12.7. The van der Waals surface area contributed by atoms with Gasteiger partial charge in [0.05, 0.1) is 34.2 Å². The van der Waals surface area contributed by atoms with Gasteiger partial charge in [-0.15, -0.1) is 0 Å². The first-order valence-corrected chi connectivity index (χ1v) is 16.9. The average molecular weight is 670 g/mol. The third-order valence-electron chi connectivity index (χ3n) is 9.98. The SMILES string of the molecule is COc1ccc(C2NC(c3ccc(OC)cc3)C3C(=NOCc4ccccc4)C2C(c2ccc(OC)cc2)NC3c2ccc(OC)cc2)cc1. The van der Waals surface area contributed by atoms with Crippen molar-refractivity contribution in [2.24, 2.45) is 17.0 Å². The van der Waals surface area contributed by atoms with Crippen molar-refractivity contribution in [1.29, 1.82) is 0 Å². The summed E-state index contributed by atoms with van der Waals surface area (Å²) in [6.45, 7) is 0.367. The minimum absolute atomic E-state index is 0.110. The van der Waals surface area contributed by atoms with E-state index < -0.39 is 0 Å². The van der Waals surface area contributed by atoms with Gasteiger partial charge < -0.3 is 34.4 Å². The van der Waals surface area contributed by atoms with Gasteiger partial charge in [-0.1, -0.05) is 84.0 Å². The monoisotopic (exact) mass is 669 g/mol. The quantitative estimate of drug-likeness (QED) is 0.138. The Morgan fingerprint density at radius 3 is 1.06 bits per heavy atom. The predicted octanol–water partition coefficient (Wildman–Crippen LogP) is 8.00. The molecule has 0 amide bonds. The van der Waals surface area contributed by atoms with Gasteiger partial charge in [0.25, 0.3) is 0 Å². The van der Waals surface area contributed by atoms with Crippen molar-refractivity contribution in [3.05, 3.63) is 155 Å². The first-order valence-electron chi connectivity index (χ1n) is 16.9. The van der Waals surface area contributed by atoms with Crippen LogP contribution in [-0.2, 0) is 11.4 Å². The molecule has 7 rings (SSSR count). The fraction of sp³-hybridized carbons (Fsp3) is 0.262. The van der Waals surface area contributed by atoms with E-state index in [9.17, 15) is 0 Å². The number of nitrogens with zero attached hydrogens (tertiary/aromatic N) is 1. The summed E-state index contributed by atoms with van der Waals surface area (Å²) in [4.78, 5) is 6.33. The third kappa shape index (κ3) is 6.77. The number of piperidine rings is 2. The summed E-state index contributed by atoms with van der Waals surface area (Å²) in [6.07, 6.45) is 0. The minimum Gasteiger partial charge on any atom is -0.497 e. The van der Waals surface area contributed by atoms with Gasteiger partial charge in [0.15, 0.2) is 0 Å². The molecule has 2 N–H and O–H groups in total. The molecule has 0 saturated carbocycles. The van der Waals surface area contributed by atoms with Crippen molar-refractivity contribution in [3.63, 3.8) is 0 Å². The average Bonchev–Trinajstić information content (AvgIpc) is 3.19. The lowest BCUT2D eigenvalue weighted by molar-refractivity contribution is 0.105. The van der Waals surface area contributed by atoms with E-state index in [0.717, 1.165) is 56.5 Å². The van der Waals surface area contributed by atoms with Crippen LogP contribution >= 0.6 is 0 Å². The first kappa shape index (κ1) is 33.2. The number of fused-ring (bicyclic) bond motifs is 2. The molecule has 4 atom stereocenters. The molecule has 0 aromatic heterocycles. The highest BCUT2D eigenvalue weighted by molar-refractivity contribution is 5.93. The number of nitrogens with one attached hydrogen (secondary N) is 2. The number of methoxy groups -OCH3 is 4. The van der Waals surface area contributed by atoms with Crippen molar-refractivity contribution >= 4 is 5.71 Å².